The number of hydrogen-bond donors (Lipinski definition) is 0. The molecule has 0 saturated carbocycles. The molecule has 0 N–H and O–H groups in total. The molecule has 2 heterocycles. The van der Waals surface area contributed by atoms with Crippen molar-refractivity contribution in [3.8, 4) is 0 Å². The predicted molar refractivity (Wildman–Crippen MR) is 59.9 cm³/mol. The van der Waals surface area contributed by atoms with Gasteiger partial charge in [0.25, 0.3) is 5.91 Å². The van der Waals surface area contributed by atoms with E-state index in [1.54, 1.807) is 30.3 Å². The second-order valence-electron chi connectivity index (χ2n) is 4.43. The van der Waals surface area contributed by atoms with Crippen molar-refractivity contribution in [1.82, 2.24) is 9.88 Å². The predicted octanol–water partition coefficient (Wildman–Crippen LogP) is 1.84. The number of aromatic nitrogens is 1. The van der Waals surface area contributed by atoms with Gasteiger partial charge in [-0.25, -0.2) is 0 Å². The van der Waals surface area contributed by atoms with Gasteiger partial charge in [-0.2, -0.15) is 0 Å². The van der Waals surface area contributed by atoms with Gasteiger partial charge in [0.15, 0.2) is 6.23 Å². The molecule has 1 aliphatic heterocycles. The van der Waals surface area contributed by atoms with Crippen LogP contribution in [0.2, 0.25) is 0 Å². The maximum Gasteiger partial charge on any atom is 0.257 e. The zero-order valence-corrected chi connectivity index (χ0v) is 9.80. The Labute approximate surface area is 95.2 Å². The second-order valence-corrected chi connectivity index (χ2v) is 4.43. The van der Waals surface area contributed by atoms with E-state index in [9.17, 15) is 4.79 Å². The van der Waals surface area contributed by atoms with Gasteiger partial charge in [0, 0.05) is 13.2 Å². The van der Waals surface area contributed by atoms with Gasteiger partial charge in [-0.3, -0.25) is 9.78 Å². The van der Waals surface area contributed by atoms with Crippen LogP contribution in [0.1, 0.15) is 36.1 Å². The quantitative estimate of drug-likeness (QED) is 0.780. The van der Waals surface area contributed by atoms with Crippen molar-refractivity contribution in [3.05, 3.63) is 29.6 Å². The van der Waals surface area contributed by atoms with Gasteiger partial charge in [-0.05, 0) is 18.1 Å². The average Bonchev–Trinajstić information content (AvgIpc) is 2.50. The van der Waals surface area contributed by atoms with Gasteiger partial charge < -0.3 is 9.64 Å². The summed E-state index contributed by atoms with van der Waals surface area (Å²) in [5.41, 5.74) is 1.38. The highest BCUT2D eigenvalue weighted by atomic mass is 16.5. The normalized spacial score (nSPS) is 19.4. The number of hydrogen-bond acceptors (Lipinski definition) is 3. The molecule has 0 saturated heterocycles. The van der Waals surface area contributed by atoms with E-state index in [4.69, 9.17) is 4.74 Å². The molecule has 0 fully saturated rings. The number of carbonyl (C=O) groups excluding carboxylic acids is 1. The van der Waals surface area contributed by atoms with Gasteiger partial charge in [-0.1, -0.05) is 13.8 Å². The van der Waals surface area contributed by atoms with Crippen molar-refractivity contribution in [2.45, 2.75) is 20.1 Å². The van der Waals surface area contributed by atoms with Crippen LogP contribution in [-0.2, 0) is 4.74 Å². The summed E-state index contributed by atoms with van der Waals surface area (Å²) in [5, 5.41) is 0. The number of rotatable bonds is 3. The lowest BCUT2D eigenvalue weighted by Crippen LogP contribution is -2.26. The van der Waals surface area contributed by atoms with E-state index >= 15 is 0 Å². The number of pyridine rings is 1. The first kappa shape index (κ1) is 11.1. The first-order valence-corrected chi connectivity index (χ1v) is 5.45. The van der Waals surface area contributed by atoms with Crippen LogP contribution in [0.4, 0.5) is 0 Å². The number of amides is 1. The number of ether oxygens (including phenoxy) is 1. The maximum absolute atomic E-state index is 11.9. The minimum Gasteiger partial charge on any atom is -0.352 e. The third kappa shape index (κ3) is 1.80. The largest absolute Gasteiger partial charge is 0.352 e. The smallest absolute Gasteiger partial charge is 0.257 e. The van der Waals surface area contributed by atoms with Gasteiger partial charge in [0.05, 0.1) is 12.2 Å². The number of nitrogens with zero attached hydrogens (tertiary/aromatic N) is 2. The SMILES string of the molecule is CC(C)COC1c2ncccc2C(=O)N1C. The fourth-order valence-corrected chi connectivity index (χ4v) is 1.75. The van der Waals surface area contributed by atoms with E-state index in [0.717, 1.165) is 5.69 Å². The maximum atomic E-state index is 11.9. The molecule has 0 bridgehead atoms. The fraction of sp³-hybridized carbons (Fsp3) is 0.500. The zero-order valence-electron chi connectivity index (χ0n) is 9.80. The summed E-state index contributed by atoms with van der Waals surface area (Å²) in [6.07, 6.45) is 1.36. The molecule has 1 aromatic heterocycles. The van der Waals surface area contributed by atoms with Gasteiger partial charge in [0.1, 0.15) is 5.69 Å². The Hall–Kier alpha value is -1.42. The van der Waals surface area contributed by atoms with E-state index in [0.29, 0.717) is 18.1 Å². The zero-order chi connectivity index (χ0) is 11.7. The Kier molecular flexibility index (Phi) is 2.92. The lowest BCUT2D eigenvalue weighted by atomic mass is 10.2. The topological polar surface area (TPSA) is 42.4 Å². The Bertz CT molecular complexity index is 404. The monoisotopic (exact) mass is 220 g/mol. The van der Waals surface area contributed by atoms with Crippen LogP contribution in [0.5, 0.6) is 0 Å². The summed E-state index contributed by atoms with van der Waals surface area (Å²) in [6, 6.07) is 3.56. The second kappa shape index (κ2) is 4.22. The van der Waals surface area contributed by atoms with E-state index in [2.05, 4.69) is 18.8 Å². The molecular weight excluding hydrogens is 204 g/mol. The molecule has 0 radical (unpaired) electrons. The van der Waals surface area contributed by atoms with E-state index in [1.807, 2.05) is 0 Å². The van der Waals surface area contributed by atoms with Crippen molar-refractivity contribution >= 4 is 5.91 Å². The molecule has 1 unspecified atom stereocenters. The Balaban J connectivity index is 2.23. The van der Waals surface area contributed by atoms with Crippen LogP contribution in [0, 0.1) is 5.92 Å². The highest BCUT2D eigenvalue weighted by Crippen LogP contribution is 2.31. The minimum absolute atomic E-state index is 0.0168. The summed E-state index contributed by atoms with van der Waals surface area (Å²) >= 11 is 0. The van der Waals surface area contributed by atoms with Crippen LogP contribution in [0.15, 0.2) is 18.3 Å². The molecule has 0 aliphatic carbocycles. The number of carbonyl (C=O) groups is 1. The molecule has 1 atom stereocenters. The molecule has 1 aromatic rings. The number of fused-ring (bicyclic) bond motifs is 1. The van der Waals surface area contributed by atoms with Crippen LogP contribution in [0.25, 0.3) is 0 Å². The van der Waals surface area contributed by atoms with Crippen LogP contribution < -0.4 is 0 Å². The van der Waals surface area contributed by atoms with Gasteiger partial charge >= 0.3 is 0 Å². The molecule has 86 valence electrons. The van der Waals surface area contributed by atoms with Crippen molar-refractivity contribution in [2.75, 3.05) is 13.7 Å². The van der Waals surface area contributed by atoms with E-state index < -0.39 is 0 Å². The summed E-state index contributed by atoms with van der Waals surface area (Å²) in [7, 11) is 1.75. The first-order valence-electron chi connectivity index (χ1n) is 5.45. The molecule has 4 nitrogen and oxygen atoms in total. The molecule has 0 spiro atoms. The van der Waals surface area contributed by atoms with Crippen molar-refractivity contribution in [2.24, 2.45) is 5.92 Å². The molecule has 0 aromatic carbocycles. The van der Waals surface area contributed by atoms with Crippen molar-refractivity contribution in [1.29, 1.82) is 0 Å². The molecule has 1 aliphatic rings. The lowest BCUT2D eigenvalue weighted by molar-refractivity contribution is -0.0412. The Morgan fingerprint density at radius 1 is 1.56 bits per heavy atom. The highest BCUT2D eigenvalue weighted by molar-refractivity contribution is 5.98. The summed E-state index contributed by atoms with van der Waals surface area (Å²) < 4.78 is 5.72. The first-order chi connectivity index (χ1) is 7.61. The minimum atomic E-state index is -0.328. The van der Waals surface area contributed by atoms with Gasteiger partial charge in [0.2, 0.25) is 0 Å². The standard InChI is InChI=1S/C12H16N2O2/c1-8(2)7-16-12-10-9(5-4-6-13-10)11(15)14(12)3/h4-6,8,12H,7H2,1-3H3. The Morgan fingerprint density at radius 2 is 2.31 bits per heavy atom. The molecule has 4 heteroatoms. The summed E-state index contributed by atoms with van der Waals surface area (Å²) in [5.74, 6) is 0.424. The molecule has 1 amide bonds. The Morgan fingerprint density at radius 3 is 3.00 bits per heavy atom. The molecule has 16 heavy (non-hydrogen) atoms. The van der Waals surface area contributed by atoms with Crippen LogP contribution in [0.3, 0.4) is 0 Å². The van der Waals surface area contributed by atoms with Crippen molar-refractivity contribution < 1.29 is 9.53 Å². The lowest BCUT2D eigenvalue weighted by Gasteiger charge is -2.21. The highest BCUT2D eigenvalue weighted by Gasteiger charge is 2.35. The third-order valence-corrected chi connectivity index (χ3v) is 2.56. The summed E-state index contributed by atoms with van der Waals surface area (Å²) in [6.45, 7) is 4.78. The van der Waals surface area contributed by atoms with Crippen molar-refractivity contribution in [3.63, 3.8) is 0 Å². The van der Waals surface area contributed by atoms with E-state index in [1.165, 1.54) is 0 Å². The van der Waals surface area contributed by atoms with Crippen LogP contribution in [-0.4, -0.2) is 29.4 Å². The summed E-state index contributed by atoms with van der Waals surface area (Å²) in [4.78, 5) is 17.7. The fourth-order valence-electron chi connectivity index (χ4n) is 1.75. The van der Waals surface area contributed by atoms with Crippen LogP contribution >= 0.6 is 0 Å². The molecule has 2 rings (SSSR count). The third-order valence-electron chi connectivity index (χ3n) is 2.56. The average molecular weight is 220 g/mol. The van der Waals surface area contributed by atoms with Gasteiger partial charge in [-0.15, -0.1) is 0 Å². The molecular formula is C12H16N2O2. The van der Waals surface area contributed by atoms with E-state index in [-0.39, 0.29) is 12.1 Å².